The Bertz CT molecular complexity index is 506. The van der Waals surface area contributed by atoms with Crippen LogP contribution in [-0.4, -0.2) is 37.0 Å². The third-order valence-corrected chi connectivity index (χ3v) is 3.97. The molecule has 2 aliphatic rings. The summed E-state index contributed by atoms with van der Waals surface area (Å²) in [6.07, 6.45) is 2.09. The third-order valence-electron chi connectivity index (χ3n) is 3.97. The average molecular weight is 264 g/mol. The van der Waals surface area contributed by atoms with Crippen LogP contribution in [0.4, 0.5) is 4.39 Å². The molecule has 0 spiro atoms. The van der Waals surface area contributed by atoms with Crippen molar-refractivity contribution in [3.63, 3.8) is 0 Å². The molecule has 1 aromatic carbocycles. The first-order valence-corrected chi connectivity index (χ1v) is 6.58. The second-order valence-corrected chi connectivity index (χ2v) is 5.06. The Morgan fingerprint density at radius 2 is 2.32 bits per heavy atom. The van der Waals surface area contributed by atoms with E-state index in [0.29, 0.717) is 17.4 Å². The highest BCUT2D eigenvalue weighted by molar-refractivity contribution is 5.85. The number of nitrogens with zero attached hydrogens (tertiary/aromatic N) is 1. The highest BCUT2D eigenvalue weighted by Crippen LogP contribution is 2.32. The highest BCUT2D eigenvalue weighted by Gasteiger charge is 2.39. The van der Waals surface area contributed by atoms with E-state index in [1.54, 1.807) is 6.07 Å². The smallest absolute Gasteiger partial charge is 0.244 e. The number of ether oxygens (including phenoxy) is 1. The molecule has 0 aromatic heterocycles. The van der Waals surface area contributed by atoms with Gasteiger partial charge in [0.05, 0.1) is 7.11 Å². The first kappa shape index (κ1) is 12.4. The molecular formula is C14H17FN2O2. The van der Waals surface area contributed by atoms with Crippen LogP contribution < -0.4 is 10.1 Å². The summed E-state index contributed by atoms with van der Waals surface area (Å²) in [4.78, 5) is 14.4. The van der Waals surface area contributed by atoms with Gasteiger partial charge in [0.15, 0.2) is 0 Å². The lowest BCUT2D eigenvalue weighted by Gasteiger charge is -2.36. The molecule has 2 heterocycles. The minimum atomic E-state index is -0.500. The van der Waals surface area contributed by atoms with Gasteiger partial charge < -0.3 is 9.64 Å². The molecule has 3 rings (SSSR count). The van der Waals surface area contributed by atoms with E-state index < -0.39 is 6.04 Å². The average Bonchev–Trinajstić information content (AvgIpc) is 2.88. The Morgan fingerprint density at radius 1 is 1.47 bits per heavy atom. The molecule has 2 saturated heterocycles. The fourth-order valence-electron chi connectivity index (χ4n) is 3.02. The molecule has 4 nitrogen and oxygen atoms in total. The molecule has 0 radical (unpaired) electrons. The first-order valence-electron chi connectivity index (χ1n) is 6.58. The van der Waals surface area contributed by atoms with Gasteiger partial charge in [0, 0.05) is 24.7 Å². The van der Waals surface area contributed by atoms with Gasteiger partial charge in [-0.05, 0) is 31.0 Å². The Hall–Kier alpha value is -1.62. The number of piperazine rings is 1. The second kappa shape index (κ2) is 4.81. The predicted molar refractivity (Wildman–Crippen MR) is 68.4 cm³/mol. The van der Waals surface area contributed by atoms with Gasteiger partial charge in [-0.2, -0.15) is 0 Å². The zero-order chi connectivity index (χ0) is 13.4. The molecule has 1 amide bonds. The standard InChI is InChI=1S/C14H17FN2O2/c1-19-12-5-4-9(15)7-11(12)13-14(18)17-6-2-3-10(17)8-16-13/h4-5,7,10,13,16H,2-3,6,8H2,1H3. The van der Waals surface area contributed by atoms with Gasteiger partial charge in [-0.25, -0.2) is 4.39 Å². The van der Waals surface area contributed by atoms with Crippen LogP contribution in [0.15, 0.2) is 18.2 Å². The van der Waals surface area contributed by atoms with Gasteiger partial charge in [0.2, 0.25) is 5.91 Å². The van der Waals surface area contributed by atoms with Crippen molar-refractivity contribution in [3.8, 4) is 5.75 Å². The number of amides is 1. The summed E-state index contributed by atoms with van der Waals surface area (Å²) in [6.45, 7) is 1.56. The number of carbonyl (C=O) groups excluding carboxylic acids is 1. The minimum Gasteiger partial charge on any atom is -0.496 e. The van der Waals surface area contributed by atoms with Crippen molar-refractivity contribution in [1.82, 2.24) is 10.2 Å². The molecule has 0 bridgehead atoms. The summed E-state index contributed by atoms with van der Waals surface area (Å²) < 4.78 is 18.7. The number of hydrogen-bond donors (Lipinski definition) is 1. The Balaban J connectivity index is 1.93. The van der Waals surface area contributed by atoms with Crippen LogP contribution in [-0.2, 0) is 4.79 Å². The van der Waals surface area contributed by atoms with Crippen LogP contribution in [0.25, 0.3) is 0 Å². The Labute approximate surface area is 111 Å². The van der Waals surface area contributed by atoms with Crippen LogP contribution in [0, 0.1) is 5.82 Å². The van der Waals surface area contributed by atoms with E-state index in [1.165, 1.54) is 19.2 Å². The molecular weight excluding hydrogens is 247 g/mol. The first-order chi connectivity index (χ1) is 9.20. The van der Waals surface area contributed by atoms with Crippen LogP contribution in [0.5, 0.6) is 5.75 Å². The maximum absolute atomic E-state index is 13.4. The summed E-state index contributed by atoms with van der Waals surface area (Å²) in [5, 5.41) is 3.22. The Morgan fingerprint density at radius 3 is 3.11 bits per heavy atom. The zero-order valence-corrected chi connectivity index (χ0v) is 10.9. The lowest BCUT2D eigenvalue weighted by atomic mass is 10.0. The summed E-state index contributed by atoms with van der Waals surface area (Å²) in [5.41, 5.74) is 0.581. The lowest BCUT2D eigenvalue weighted by molar-refractivity contribution is -0.137. The van der Waals surface area contributed by atoms with Gasteiger partial charge in [0.1, 0.15) is 17.6 Å². The number of halogens is 1. The molecule has 2 unspecified atom stereocenters. The van der Waals surface area contributed by atoms with Gasteiger partial charge in [-0.1, -0.05) is 0 Å². The highest BCUT2D eigenvalue weighted by atomic mass is 19.1. The van der Waals surface area contributed by atoms with E-state index in [9.17, 15) is 9.18 Å². The number of rotatable bonds is 2. The maximum atomic E-state index is 13.4. The molecule has 2 atom stereocenters. The van der Waals surface area contributed by atoms with Crippen molar-refractivity contribution < 1.29 is 13.9 Å². The molecule has 0 saturated carbocycles. The number of nitrogens with one attached hydrogen (secondary N) is 1. The lowest BCUT2D eigenvalue weighted by Crippen LogP contribution is -2.53. The van der Waals surface area contributed by atoms with Gasteiger partial charge in [-0.15, -0.1) is 0 Å². The molecule has 102 valence electrons. The number of carbonyl (C=O) groups is 1. The van der Waals surface area contributed by atoms with Crippen molar-refractivity contribution >= 4 is 5.91 Å². The number of methoxy groups -OCH3 is 1. The molecule has 0 aliphatic carbocycles. The zero-order valence-electron chi connectivity index (χ0n) is 10.9. The van der Waals surface area contributed by atoms with E-state index in [0.717, 1.165) is 25.9 Å². The van der Waals surface area contributed by atoms with E-state index in [-0.39, 0.29) is 11.7 Å². The topological polar surface area (TPSA) is 41.6 Å². The molecule has 2 aliphatic heterocycles. The van der Waals surface area contributed by atoms with E-state index in [4.69, 9.17) is 4.74 Å². The van der Waals surface area contributed by atoms with E-state index >= 15 is 0 Å². The van der Waals surface area contributed by atoms with Gasteiger partial charge in [0.25, 0.3) is 0 Å². The molecule has 1 N–H and O–H groups in total. The molecule has 1 aromatic rings. The monoisotopic (exact) mass is 264 g/mol. The van der Waals surface area contributed by atoms with Gasteiger partial charge >= 0.3 is 0 Å². The Kier molecular flexibility index (Phi) is 3.14. The fraction of sp³-hybridized carbons (Fsp3) is 0.500. The van der Waals surface area contributed by atoms with E-state index in [1.807, 2.05) is 4.90 Å². The maximum Gasteiger partial charge on any atom is 0.244 e. The summed E-state index contributed by atoms with van der Waals surface area (Å²) in [5.74, 6) is 0.219. The predicted octanol–water partition coefficient (Wildman–Crippen LogP) is 1.47. The van der Waals surface area contributed by atoms with E-state index in [2.05, 4.69) is 5.32 Å². The summed E-state index contributed by atoms with van der Waals surface area (Å²) in [7, 11) is 1.53. The molecule has 19 heavy (non-hydrogen) atoms. The summed E-state index contributed by atoms with van der Waals surface area (Å²) in [6, 6.07) is 4.08. The van der Waals surface area contributed by atoms with Crippen molar-refractivity contribution in [2.75, 3.05) is 20.2 Å². The van der Waals surface area contributed by atoms with Gasteiger partial charge in [-0.3, -0.25) is 10.1 Å². The van der Waals surface area contributed by atoms with Crippen molar-refractivity contribution in [1.29, 1.82) is 0 Å². The molecule has 2 fully saturated rings. The number of hydrogen-bond acceptors (Lipinski definition) is 3. The van der Waals surface area contributed by atoms with Crippen molar-refractivity contribution in [3.05, 3.63) is 29.6 Å². The number of benzene rings is 1. The normalized spacial score (nSPS) is 26.4. The SMILES string of the molecule is COc1ccc(F)cc1C1NCC2CCCN2C1=O. The second-order valence-electron chi connectivity index (χ2n) is 5.06. The minimum absolute atomic E-state index is 0.0256. The van der Waals surface area contributed by atoms with Crippen LogP contribution in [0.1, 0.15) is 24.4 Å². The van der Waals surface area contributed by atoms with Crippen LogP contribution in [0.3, 0.4) is 0 Å². The molecule has 5 heteroatoms. The number of fused-ring (bicyclic) bond motifs is 1. The fourth-order valence-corrected chi connectivity index (χ4v) is 3.02. The van der Waals surface area contributed by atoms with Crippen molar-refractivity contribution in [2.24, 2.45) is 0 Å². The third kappa shape index (κ3) is 2.08. The quantitative estimate of drug-likeness (QED) is 0.879. The largest absolute Gasteiger partial charge is 0.496 e. The summed E-state index contributed by atoms with van der Waals surface area (Å²) >= 11 is 0. The van der Waals surface area contributed by atoms with Crippen molar-refractivity contribution in [2.45, 2.75) is 24.9 Å². The van der Waals surface area contributed by atoms with Crippen LogP contribution in [0.2, 0.25) is 0 Å². The van der Waals surface area contributed by atoms with Crippen LogP contribution >= 0.6 is 0 Å².